The maximum Gasteiger partial charge on any atom is 0.433 e. The molecule has 10 heteroatoms. The van der Waals surface area contributed by atoms with Crippen molar-refractivity contribution in [2.45, 2.75) is 64.1 Å². The largest absolute Gasteiger partial charge is 0.433 e. The van der Waals surface area contributed by atoms with Gasteiger partial charge in [0.25, 0.3) is 0 Å². The van der Waals surface area contributed by atoms with Crippen LogP contribution >= 0.6 is 0 Å². The van der Waals surface area contributed by atoms with E-state index in [1.165, 1.54) is 0 Å². The summed E-state index contributed by atoms with van der Waals surface area (Å²) in [5.41, 5.74) is -0.913. The molecule has 0 aliphatic rings. The Hall–Kier alpha value is -1.00. The topological polar surface area (TPSA) is 56.5 Å². The molecule has 0 saturated carbocycles. The molecule has 0 saturated heterocycles. The van der Waals surface area contributed by atoms with Crippen LogP contribution in [0.5, 0.6) is 0 Å². The van der Waals surface area contributed by atoms with E-state index in [-0.39, 0.29) is 12.6 Å². The second kappa shape index (κ2) is 8.13. The van der Waals surface area contributed by atoms with E-state index >= 15 is 0 Å². The molecule has 1 aromatic rings. The van der Waals surface area contributed by atoms with Gasteiger partial charge >= 0.3 is 6.18 Å². The van der Waals surface area contributed by atoms with Crippen LogP contribution in [0.2, 0.25) is 25.7 Å². The second-order valence-corrected chi connectivity index (χ2v) is 15.4. The molecule has 144 valence electrons. The van der Waals surface area contributed by atoms with Crippen molar-refractivity contribution in [3.63, 3.8) is 0 Å². The average molecular weight is 398 g/mol. The first-order valence-electron chi connectivity index (χ1n) is 7.88. The molecule has 0 spiro atoms. The molecule has 5 nitrogen and oxygen atoms in total. The Balaban J connectivity index is 2.97. The van der Waals surface area contributed by atoms with Crippen molar-refractivity contribution >= 4 is 25.3 Å². The van der Waals surface area contributed by atoms with Crippen LogP contribution in [0, 0.1) is 0 Å². The van der Waals surface area contributed by atoms with E-state index in [1.54, 1.807) is 20.8 Å². The molecule has 1 atom stereocenters. The van der Waals surface area contributed by atoms with E-state index < -0.39 is 35.7 Å². The number of hydrogen-bond donors (Lipinski definition) is 0. The highest BCUT2D eigenvalue weighted by Crippen LogP contribution is 2.29. The molecule has 0 aliphatic heterocycles. The fourth-order valence-corrected chi connectivity index (χ4v) is 2.91. The van der Waals surface area contributed by atoms with Gasteiger partial charge in [-0.25, -0.2) is 9.19 Å². The van der Waals surface area contributed by atoms with Crippen LogP contribution in [0.15, 0.2) is 10.6 Å². The minimum absolute atomic E-state index is 0.0297. The Morgan fingerprint density at radius 2 is 1.92 bits per heavy atom. The SMILES string of the molecule is CC(C)(C)S(=O)N=Cc1ncc(C(F)(F)F)n1COCC[Si](C)(C)C. The van der Waals surface area contributed by atoms with Crippen molar-refractivity contribution in [2.75, 3.05) is 6.61 Å². The molecule has 0 aliphatic carbocycles. The third-order valence-corrected chi connectivity index (χ3v) is 6.23. The summed E-state index contributed by atoms with van der Waals surface area (Å²) in [6.45, 7) is 11.8. The highest BCUT2D eigenvalue weighted by Gasteiger charge is 2.36. The van der Waals surface area contributed by atoms with Gasteiger partial charge in [0.1, 0.15) is 23.4 Å². The maximum absolute atomic E-state index is 13.1. The van der Waals surface area contributed by atoms with Crippen LogP contribution in [0.4, 0.5) is 13.2 Å². The summed E-state index contributed by atoms with van der Waals surface area (Å²) in [4.78, 5) is 3.75. The van der Waals surface area contributed by atoms with Gasteiger partial charge in [0.05, 0.1) is 17.2 Å². The standard InChI is InChI=1S/C15H26F3N3O2SSi/c1-14(2,3)24(22)20-10-13-19-9-12(15(16,17)18)21(13)11-23-7-8-25(4,5)6/h9-10H,7-8,11H2,1-6H3. The Kier molecular flexibility index (Phi) is 7.17. The lowest BCUT2D eigenvalue weighted by molar-refractivity contribution is -0.145. The highest BCUT2D eigenvalue weighted by atomic mass is 32.2. The van der Waals surface area contributed by atoms with Crippen LogP contribution in [-0.4, -0.2) is 39.4 Å². The fraction of sp³-hybridized carbons (Fsp3) is 0.733. The molecule has 0 radical (unpaired) electrons. The van der Waals surface area contributed by atoms with Crippen LogP contribution in [0.25, 0.3) is 0 Å². The Bertz CT molecular complexity index is 631. The van der Waals surface area contributed by atoms with Gasteiger partial charge in [-0.1, -0.05) is 19.6 Å². The van der Waals surface area contributed by atoms with Gasteiger partial charge in [0.15, 0.2) is 5.82 Å². The Labute approximate surface area is 150 Å². The Morgan fingerprint density at radius 1 is 1.32 bits per heavy atom. The molecule has 25 heavy (non-hydrogen) atoms. The lowest BCUT2D eigenvalue weighted by atomic mass is 10.3. The molecule has 0 N–H and O–H groups in total. The van der Waals surface area contributed by atoms with Crippen molar-refractivity contribution in [2.24, 2.45) is 4.40 Å². The first kappa shape index (κ1) is 22.0. The van der Waals surface area contributed by atoms with Crippen LogP contribution in [0.1, 0.15) is 32.3 Å². The zero-order valence-corrected chi connectivity index (χ0v) is 17.3. The molecule has 0 bridgehead atoms. The van der Waals surface area contributed by atoms with Crippen LogP contribution in [-0.2, 0) is 28.6 Å². The van der Waals surface area contributed by atoms with E-state index in [2.05, 4.69) is 29.0 Å². The van der Waals surface area contributed by atoms with Crippen molar-refractivity contribution in [1.29, 1.82) is 0 Å². The molecular formula is C15H26F3N3O2SSi. The van der Waals surface area contributed by atoms with Gasteiger partial charge in [-0.05, 0) is 26.8 Å². The van der Waals surface area contributed by atoms with Crippen LogP contribution < -0.4 is 0 Å². The third kappa shape index (κ3) is 7.41. The zero-order valence-electron chi connectivity index (χ0n) is 15.5. The number of nitrogens with zero attached hydrogens (tertiary/aromatic N) is 3. The lowest BCUT2D eigenvalue weighted by Crippen LogP contribution is -2.23. The minimum Gasteiger partial charge on any atom is -0.361 e. The molecule has 0 fully saturated rings. The average Bonchev–Trinajstić information content (AvgIpc) is 2.81. The predicted molar refractivity (Wildman–Crippen MR) is 96.8 cm³/mol. The third-order valence-electron chi connectivity index (χ3n) is 3.18. The number of hydrogen-bond acceptors (Lipinski definition) is 3. The van der Waals surface area contributed by atoms with E-state index in [0.717, 1.165) is 23.0 Å². The van der Waals surface area contributed by atoms with Crippen molar-refractivity contribution in [3.05, 3.63) is 17.7 Å². The van der Waals surface area contributed by atoms with Gasteiger partial charge in [-0.2, -0.15) is 17.6 Å². The Morgan fingerprint density at radius 3 is 2.40 bits per heavy atom. The molecule has 1 unspecified atom stereocenters. The predicted octanol–water partition coefficient (Wildman–Crippen LogP) is 4.10. The summed E-state index contributed by atoms with van der Waals surface area (Å²) < 4.78 is 60.9. The summed E-state index contributed by atoms with van der Waals surface area (Å²) in [5, 5.41) is 0. The number of imidazole rings is 1. The van der Waals surface area contributed by atoms with Gasteiger partial charge < -0.3 is 4.74 Å². The molecular weight excluding hydrogens is 371 g/mol. The quantitative estimate of drug-likeness (QED) is 0.395. The summed E-state index contributed by atoms with van der Waals surface area (Å²) in [5.74, 6) is -0.0297. The summed E-state index contributed by atoms with van der Waals surface area (Å²) in [6, 6.07) is 0.848. The van der Waals surface area contributed by atoms with E-state index in [4.69, 9.17) is 4.74 Å². The number of rotatable bonds is 7. The summed E-state index contributed by atoms with van der Waals surface area (Å²) in [6.07, 6.45) is -2.70. The van der Waals surface area contributed by atoms with E-state index in [9.17, 15) is 17.4 Å². The van der Waals surface area contributed by atoms with E-state index in [0.29, 0.717) is 6.61 Å². The molecule has 1 aromatic heterocycles. The maximum atomic E-state index is 13.1. The molecule has 1 rings (SSSR count). The lowest BCUT2D eigenvalue weighted by Gasteiger charge is -2.17. The summed E-state index contributed by atoms with van der Waals surface area (Å²) >= 11 is 0. The number of halogens is 3. The number of alkyl halides is 3. The van der Waals surface area contributed by atoms with Gasteiger partial charge in [0, 0.05) is 14.7 Å². The van der Waals surface area contributed by atoms with Gasteiger partial charge in [0.2, 0.25) is 0 Å². The minimum atomic E-state index is -4.55. The van der Waals surface area contributed by atoms with Gasteiger partial charge in [-0.15, -0.1) is 0 Å². The molecule has 1 heterocycles. The molecule has 0 amide bonds. The monoisotopic (exact) mass is 397 g/mol. The highest BCUT2D eigenvalue weighted by molar-refractivity contribution is 7.85. The number of ether oxygens (including phenoxy) is 1. The van der Waals surface area contributed by atoms with Crippen molar-refractivity contribution in [1.82, 2.24) is 9.55 Å². The summed E-state index contributed by atoms with van der Waals surface area (Å²) in [7, 11) is -2.91. The van der Waals surface area contributed by atoms with Crippen molar-refractivity contribution in [3.8, 4) is 0 Å². The normalized spacial score (nSPS) is 15.1. The van der Waals surface area contributed by atoms with Crippen molar-refractivity contribution < 1.29 is 22.1 Å². The second-order valence-electron chi connectivity index (χ2n) is 7.87. The zero-order chi connectivity index (χ0) is 19.5. The van der Waals surface area contributed by atoms with Crippen LogP contribution in [0.3, 0.4) is 0 Å². The first-order chi connectivity index (χ1) is 11.2. The number of aromatic nitrogens is 2. The smallest absolute Gasteiger partial charge is 0.361 e. The van der Waals surface area contributed by atoms with Gasteiger partial charge in [-0.3, -0.25) is 4.57 Å². The first-order valence-corrected chi connectivity index (χ1v) is 12.7. The fourth-order valence-electron chi connectivity index (χ4n) is 1.64. The molecule has 0 aromatic carbocycles. The van der Waals surface area contributed by atoms with E-state index in [1.807, 2.05) is 0 Å².